The van der Waals surface area contributed by atoms with Crippen LogP contribution >= 0.6 is 0 Å². The van der Waals surface area contributed by atoms with E-state index in [0.717, 1.165) is 30.5 Å². The van der Waals surface area contributed by atoms with E-state index in [0.29, 0.717) is 6.10 Å². The summed E-state index contributed by atoms with van der Waals surface area (Å²) < 4.78 is 5.45. The molecule has 0 unspecified atom stereocenters. The Morgan fingerprint density at radius 2 is 1.46 bits per heavy atom. The first-order valence-electron chi connectivity index (χ1n) is 10.5. The Hall–Kier alpha value is -1.20. The number of aromatic nitrogens is 2. The Morgan fingerprint density at radius 1 is 0.923 bits per heavy atom. The molecule has 0 spiro atoms. The molecule has 0 atom stereocenters. The molecule has 5 heteroatoms. The lowest BCUT2D eigenvalue weighted by Crippen LogP contribution is -2.43. The molecular weight excluding hydrogens is 324 g/mol. The molecule has 26 heavy (non-hydrogen) atoms. The number of piperidine rings is 2. The quantitative estimate of drug-likeness (QED) is 0.802. The van der Waals surface area contributed by atoms with Gasteiger partial charge in [-0.25, -0.2) is 9.97 Å². The molecule has 2 fully saturated rings. The molecule has 0 aliphatic carbocycles. The highest BCUT2D eigenvalue weighted by atomic mass is 16.5. The molecule has 0 saturated carbocycles. The minimum absolute atomic E-state index is 0.483. The largest absolute Gasteiger partial charge is 0.381 e. The molecule has 0 N–H and O–H groups in total. The fourth-order valence-corrected chi connectivity index (χ4v) is 3.56. The van der Waals surface area contributed by atoms with Crippen LogP contribution in [-0.4, -0.2) is 60.8 Å². The third-order valence-electron chi connectivity index (χ3n) is 5.05. The van der Waals surface area contributed by atoms with Gasteiger partial charge in [-0.2, -0.15) is 0 Å². The first-order chi connectivity index (χ1) is 12.7. The van der Waals surface area contributed by atoms with Crippen LogP contribution in [-0.2, 0) is 4.74 Å². The molecule has 1 aromatic heterocycles. The molecule has 2 aliphatic rings. The SMILES string of the molecule is CC.CC.COC1CCN(CC2CCN(c3ncc(C)cn3)CC2)CC1. The molecular formula is C21H40N4O. The highest BCUT2D eigenvalue weighted by Gasteiger charge is 2.25. The van der Waals surface area contributed by atoms with Crippen molar-refractivity contribution in [3.05, 3.63) is 18.0 Å². The zero-order chi connectivity index (χ0) is 19.4. The van der Waals surface area contributed by atoms with Crippen molar-refractivity contribution in [2.75, 3.05) is 44.7 Å². The number of rotatable bonds is 4. The third kappa shape index (κ3) is 7.20. The Labute approximate surface area is 161 Å². The van der Waals surface area contributed by atoms with Gasteiger partial charge in [0, 0.05) is 52.2 Å². The summed E-state index contributed by atoms with van der Waals surface area (Å²) in [6.45, 7) is 15.8. The molecule has 0 bridgehead atoms. The van der Waals surface area contributed by atoms with Crippen LogP contribution in [0.3, 0.4) is 0 Å². The Kier molecular flexibility index (Phi) is 11.5. The highest BCUT2D eigenvalue weighted by molar-refractivity contribution is 5.30. The van der Waals surface area contributed by atoms with E-state index in [1.165, 1.54) is 45.3 Å². The Balaban J connectivity index is 0.000000791. The van der Waals surface area contributed by atoms with E-state index in [1.807, 2.05) is 54.1 Å². The van der Waals surface area contributed by atoms with Gasteiger partial charge in [0.2, 0.25) is 5.95 Å². The number of methoxy groups -OCH3 is 1. The average Bonchev–Trinajstić information content (AvgIpc) is 2.73. The minimum Gasteiger partial charge on any atom is -0.381 e. The van der Waals surface area contributed by atoms with Crippen LogP contribution in [0.1, 0.15) is 58.9 Å². The number of anilines is 1. The molecule has 1 aromatic rings. The molecule has 0 amide bonds. The smallest absolute Gasteiger partial charge is 0.225 e. The second kappa shape index (κ2) is 13.0. The van der Waals surface area contributed by atoms with Crippen LogP contribution in [0.2, 0.25) is 0 Å². The maximum atomic E-state index is 5.45. The van der Waals surface area contributed by atoms with Crippen molar-refractivity contribution in [2.24, 2.45) is 5.92 Å². The lowest BCUT2D eigenvalue weighted by atomic mass is 9.95. The zero-order valence-electron chi connectivity index (χ0n) is 17.9. The predicted octanol–water partition coefficient (Wildman–Crippen LogP) is 4.16. The third-order valence-corrected chi connectivity index (χ3v) is 5.05. The van der Waals surface area contributed by atoms with Gasteiger partial charge in [-0.3, -0.25) is 0 Å². The maximum Gasteiger partial charge on any atom is 0.225 e. The van der Waals surface area contributed by atoms with E-state index in [1.54, 1.807) is 0 Å². The van der Waals surface area contributed by atoms with Crippen LogP contribution in [0.15, 0.2) is 12.4 Å². The fraction of sp³-hybridized carbons (Fsp3) is 0.810. The molecule has 3 rings (SSSR count). The number of nitrogens with zero attached hydrogens (tertiary/aromatic N) is 4. The van der Waals surface area contributed by atoms with Gasteiger partial charge in [0.15, 0.2) is 0 Å². The van der Waals surface area contributed by atoms with E-state index in [2.05, 4.69) is 19.8 Å². The summed E-state index contributed by atoms with van der Waals surface area (Å²) in [5.74, 6) is 1.71. The van der Waals surface area contributed by atoms with Crippen molar-refractivity contribution in [2.45, 2.75) is 66.4 Å². The Bertz CT molecular complexity index is 450. The van der Waals surface area contributed by atoms with Crippen molar-refractivity contribution >= 4 is 5.95 Å². The summed E-state index contributed by atoms with van der Waals surface area (Å²) >= 11 is 0. The van der Waals surface area contributed by atoms with Gasteiger partial charge in [-0.1, -0.05) is 27.7 Å². The van der Waals surface area contributed by atoms with Crippen LogP contribution < -0.4 is 4.90 Å². The van der Waals surface area contributed by atoms with Crippen LogP contribution in [0.4, 0.5) is 5.95 Å². The van der Waals surface area contributed by atoms with E-state index in [9.17, 15) is 0 Å². The van der Waals surface area contributed by atoms with Gasteiger partial charge < -0.3 is 14.5 Å². The highest BCUT2D eigenvalue weighted by Crippen LogP contribution is 2.23. The summed E-state index contributed by atoms with van der Waals surface area (Å²) in [6, 6.07) is 0. The maximum absolute atomic E-state index is 5.45. The standard InChI is InChI=1S/C17H28N4O.2C2H6/c1-14-11-18-17(19-12-14)21-9-3-15(4-10-21)13-20-7-5-16(22-2)6-8-20;2*1-2/h11-12,15-16H,3-10,13H2,1-2H3;2*1-2H3. The number of ether oxygens (including phenoxy) is 1. The molecule has 0 radical (unpaired) electrons. The van der Waals surface area contributed by atoms with E-state index < -0.39 is 0 Å². The van der Waals surface area contributed by atoms with Crippen molar-refractivity contribution in [3.8, 4) is 0 Å². The summed E-state index contributed by atoms with van der Waals surface area (Å²) in [5.41, 5.74) is 1.12. The second-order valence-corrected chi connectivity index (χ2v) is 6.73. The van der Waals surface area contributed by atoms with Gasteiger partial charge in [-0.15, -0.1) is 0 Å². The van der Waals surface area contributed by atoms with Gasteiger partial charge >= 0.3 is 0 Å². The normalized spacial score (nSPS) is 19.2. The monoisotopic (exact) mass is 364 g/mol. The first kappa shape index (κ1) is 22.8. The van der Waals surface area contributed by atoms with Crippen LogP contribution in [0.5, 0.6) is 0 Å². The number of aryl methyl sites for hydroxylation is 1. The average molecular weight is 365 g/mol. The lowest BCUT2D eigenvalue weighted by Gasteiger charge is -2.37. The molecule has 150 valence electrons. The van der Waals surface area contributed by atoms with E-state index >= 15 is 0 Å². The van der Waals surface area contributed by atoms with Crippen molar-refractivity contribution in [1.29, 1.82) is 0 Å². The van der Waals surface area contributed by atoms with Crippen molar-refractivity contribution < 1.29 is 4.74 Å². The molecule has 2 saturated heterocycles. The van der Waals surface area contributed by atoms with Crippen molar-refractivity contribution in [1.82, 2.24) is 14.9 Å². The Morgan fingerprint density at radius 3 is 1.96 bits per heavy atom. The molecule has 0 aromatic carbocycles. The number of hydrogen-bond donors (Lipinski definition) is 0. The summed E-state index contributed by atoms with van der Waals surface area (Å²) in [6.07, 6.45) is 9.18. The summed E-state index contributed by atoms with van der Waals surface area (Å²) in [5, 5.41) is 0. The number of hydrogen-bond acceptors (Lipinski definition) is 5. The van der Waals surface area contributed by atoms with Gasteiger partial charge in [-0.05, 0) is 44.1 Å². The summed E-state index contributed by atoms with van der Waals surface area (Å²) in [4.78, 5) is 13.9. The fourth-order valence-electron chi connectivity index (χ4n) is 3.56. The van der Waals surface area contributed by atoms with Gasteiger partial charge in [0.25, 0.3) is 0 Å². The van der Waals surface area contributed by atoms with Crippen LogP contribution in [0, 0.1) is 12.8 Å². The van der Waals surface area contributed by atoms with Crippen molar-refractivity contribution in [3.63, 3.8) is 0 Å². The molecule has 5 nitrogen and oxygen atoms in total. The second-order valence-electron chi connectivity index (χ2n) is 6.73. The predicted molar refractivity (Wildman–Crippen MR) is 111 cm³/mol. The van der Waals surface area contributed by atoms with Gasteiger partial charge in [0.1, 0.15) is 0 Å². The lowest BCUT2D eigenvalue weighted by molar-refractivity contribution is 0.0353. The molecule has 3 heterocycles. The first-order valence-corrected chi connectivity index (χ1v) is 10.5. The zero-order valence-corrected chi connectivity index (χ0v) is 17.9. The van der Waals surface area contributed by atoms with E-state index in [-0.39, 0.29) is 0 Å². The van der Waals surface area contributed by atoms with Gasteiger partial charge in [0.05, 0.1) is 6.10 Å². The topological polar surface area (TPSA) is 41.5 Å². The van der Waals surface area contributed by atoms with Crippen LogP contribution in [0.25, 0.3) is 0 Å². The summed E-state index contributed by atoms with van der Waals surface area (Å²) in [7, 11) is 1.84. The molecule has 2 aliphatic heterocycles. The minimum atomic E-state index is 0.483. The number of likely N-dealkylation sites (tertiary alicyclic amines) is 1. The van der Waals surface area contributed by atoms with E-state index in [4.69, 9.17) is 4.74 Å².